The molecule has 0 aliphatic rings. The summed E-state index contributed by atoms with van der Waals surface area (Å²) in [6.07, 6.45) is 3.03. The molecule has 2 aromatic rings. The van der Waals surface area contributed by atoms with E-state index >= 15 is 0 Å². The van der Waals surface area contributed by atoms with Crippen molar-refractivity contribution in [1.82, 2.24) is 0 Å². The Hall–Kier alpha value is -1.80. The molecule has 0 aliphatic heterocycles. The highest BCUT2D eigenvalue weighted by Gasteiger charge is 2.13. The molecule has 1 aromatic heterocycles. The van der Waals surface area contributed by atoms with E-state index < -0.39 is 0 Å². The van der Waals surface area contributed by atoms with E-state index in [2.05, 4.69) is 11.4 Å². The molecular formula is C16H12Cl2N2OS. The van der Waals surface area contributed by atoms with Crippen molar-refractivity contribution < 1.29 is 4.79 Å². The molecule has 0 bridgehead atoms. The van der Waals surface area contributed by atoms with Crippen LogP contribution in [0.5, 0.6) is 0 Å². The fraction of sp³-hybridized carbons (Fsp3) is 0.125. The average molecular weight is 351 g/mol. The first-order valence-corrected chi connectivity index (χ1v) is 7.94. The summed E-state index contributed by atoms with van der Waals surface area (Å²) in [6, 6.07) is 7.22. The van der Waals surface area contributed by atoms with Gasteiger partial charge in [-0.1, -0.05) is 29.3 Å². The highest BCUT2D eigenvalue weighted by molar-refractivity contribution is 7.16. The Morgan fingerprint density at radius 1 is 1.32 bits per heavy atom. The fourth-order valence-electron chi connectivity index (χ4n) is 1.79. The second kappa shape index (κ2) is 6.97. The summed E-state index contributed by atoms with van der Waals surface area (Å²) in [6.45, 7) is 3.79. The van der Waals surface area contributed by atoms with Crippen molar-refractivity contribution in [3.63, 3.8) is 0 Å². The summed E-state index contributed by atoms with van der Waals surface area (Å²) >= 11 is 13.1. The minimum Gasteiger partial charge on any atom is -0.313 e. The van der Waals surface area contributed by atoms with Gasteiger partial charge in [0.2, 0.25) is 5.91 Å². The highest BCUT2D eigenvalue weighted by atomic mass is 35.5. The van der Waals surface area contributed by atoms with Crippen molar-refractivity contribution in [2.45, 2.75) is 13.8 Å². The minimum absolute atomic E-state index is 0.302. The van der Waals surface area contributed by atoms with Crippen molar-refractivity contribution in [3.05, 3.63) is 55.9 Å². The van der Waals surface area contributed by atoms with Gasteiger partial charge in [0.1, 0.15) is 11.1 Å². The van der Waals surface area contributed by atoms with Crippen LogP contribution in [-0.2, 0) is 4.79 Å². The van der Waals surface area contributed by atoms with Crippen LogP contribution in [0.2, 0.25) is 10.0 Å². The average Bonchev–Trinajstić information content (AvgIpc) is 2.74. The van der Waals surface area contributed by atoms with Gasteiger partial charge in [-0.05, 0) is 43.2 Å². The SMILES string of the molecule is Cc1sc(NC(=O)C=Cc2ccc(Cl)c(Cl)c2)c(C#N)c1C. The van der Waals surface area contributed by atoms with E-state index in [0.29, 0.717) is 20.6 Å². The molecule has 0 saturated carbocycles. The maximum Gasteiger partial charge on any atom is 0.249 e. The predicted octanol–water partition coefficient (Wildman–Crippen LogP) is 5.20. The van der Waals surface area contributed by atoms with Gasteiger partial charge in [-0.25, -0.2) is 0 Å². The number of nitrogens with one attached hydrogen (secondary N) is 1. The number of nitriles is 1. The van der Waals surface area contributed by atoms with Crippen molar-refractivity contribution in [2.24, 2.45) is 0 Å². The molecule has 1 N–H and O–H groups in total. The zero-order chi connectivity index (χ0) is 16.3. The molecule has 0 radical (unpaired) electrons. The Morgan fingerprint density at radius 2 is 2.05 bits per heavy atom. The van der Waals surface area contributed by atoms with Gasteiger partial charge in [0.25, 0.3) is 0 Å². The summed E-state index contributed by atoms with van der Waals surface area (Å²) < 4.78 is 0. The number of benzene rings is 1. The van der Waals surface area contributed by atoms with Crippen LogP contribution in [0.3, 0.4) is 0 Å². The molecule has 112 valence electrons. The number of aryl methyl sites for hydroxylation is 1. The van der Waals surface area contributed by atoms with Gasteiger partial charge in [0.15, 0.2) is 0 Å². The quantitative estimate of drug-likeness (QED) is 0.773. The Balaban J connectivity index is 2.13. The summed E-state index contributed by atoms with van der Waals surface area (Å²) in [5.41, 5.74) is 2.18. The number of hydrogen-bond acceptors (Lipinski definition) is 3. The standard InChI is InChI=1S/C16H12Cl2N2OS/c1-9-10(2)22-16(12(9)8-19)20-15(21)6-4-11-3-5-13(17)14(18)7-11/h3-7H,1-2H3,(H,20,21). The Kier molecular flexibility index (Phi) is 5.25. The third-order valence-electron chi connectivity index (χ3n) is 3.10. The predicted molar refractivity (Wildman–Crippen MR) is 92.6 cm³/mol. The molecule has 3 nitrogen and oxygen atoms in total. The molecule has 6 heteroatoms. The number of hydrogen-bond donors (Lipinski definition) is 1. The summed E-state index contributed by atoms with van der Waals surface area (Å²) in [5.74, 6) is -0.302. The molecule has 1 amide bonds. The van der Waals surface area contributed by atoms with Gasteiger partial charge in [0.05, 0.1) is 15.6 Å². The van der Waals surface area contributed by atoms with Gasteiger partial charge in [0, 0.05) is 11.0 Å². The Labute approximate surface area is 142 Å². The number of carbonyl (C=O) groups excluding carboxylic acids is 1. The maximum atomic E-state index is 12.0. The van der Waals surface area contributed by atoms with Gasteiger partial charge in [-0.2, -0.15) is 5.26 Å². The number of amides is 1. The zero-order valence-corrected chi connectivity index (χ0v) is 14.2. The van der Waals surface area contributed by atoms with E-state index in [9.17, 15) is 4.79 Å². The monoisotopic (exact) mass is 350 g/mol. The molecule has 0 saturated heterocycles. The Bertz CT molecular complexity index is 803. The smallest absolute Gasteiger partial charge is 0.249 e. The molecule has 1 aromatic carbocycles. The van der Waals surface area contributed by atoms with Crippen LogP contribution in [0.25, 0.3) is 6.08 Å². The van der Waals surface area contributed by atoms with E-state index in [1.54, 1.807) is 24.3 Å². The van der Waals surface area contributed by atoms with Crippen molar-refractivity contribution in [3.8, 4) is 6.07 Å². The van der Waals surface area contributed by atoms with Crippen LogP contribution in [0.1, 0.15) is 21.6 Å². The largest absolute Gasteiger partial charge is 0.313 e. The molecule has 0 spiro atoms. The number of halogens is 2. The van der Waals surface area contributed by atoms with E-state index in [1.165, 1.54) is 17.4 Å². The molecule has 22 heavy (non-hydrogen) atoms. The van der Waals surface area contributed by atoms with Crippen molar-refractivity contribution in [2.75, 3.05) is 5.32 Å². The number of carbonyl (C=O) groups is 1. The van der Waals surface area contributed by atoms with Crippen LogP contribution >= 0.6 is 34.5 Å². The second-order valence-electron chi connectivity index (χ2n) is 4.60. The Morgan fingerprint density at radius 3 is 2.68 bits per heavy atom. The van der Waals surface area contributed by atoms with E-state index in [4.69, 9.17) is 28.5 Å². The number of nitrogens with zero attached hydrogens (tertiary/aromatic N) is 1. The minimum atomic E-state index is -0.302. The van der Waals surface area contributed by atoms with Crippen LogP contribution in [0.4, 0.5) is 5.00 Å². The maximum absolute atomic E-state index is 12.0. The molecule has 2 rings (SSSR count). The highest BCUT2D eigenvalue weighted by Crippen LogP contribution is 2.31. The summed E-state index contributed by atoms with van der Waals surface area (Å²) in [7, 11) is 0. The van der Waals surface area contributed by atoms with Crippen LogP contribution in [0.15, 0.2) is 24.3 Å². The van der Waals surface area contributed by atoms with Crippen molar-refractivity contribution >= 4 is 51.5 Å². The van der Waals surface area contributed by atoms with Crippen LogP contribution in [-0.4, -0.2) is 5.91 Å². The van der Waals surface area contributed by atoms with Gasteiger partial charge in [-0.3, -0.25) is 4.79 Å². The van der Waals surface area contributed by atoms with Gasteiger partial charge in [-0.15, -0.1) is 11.3 Å². The fourth-order valence-corrected chi connectivity index (χ4v) is 3.11. The molecule has 1 heterocycles. The van der Waals surface area contributed by atoms with E-state index in [-0.39, 0.29) is 5.91 Å². The first-order chi connectivity index (χ1) is 10.4. The molecule has 0 aliphatic carbocycles. The molecule has 0 fully saturated rings. The number of rotatable bonds is 3. The molecular weight excluding hydrogens is 339 g/mol. The lowest BCUT2D eigenvalue weighted by Gasteiger charge is -2.00. The molecule has 0 unspecified atom stereocenters. The number of thiophene rings is 1. The third-order valence-corrected chi connectivity index (χ3v) is 4.97. The van der Waals surface area contributed by atoms with E-state index in [1.807, 2.05) is 13.8 Å². The topological polar surface area (TPSA) is 52.9 Å². The lowest BCUT2D eigenvalue weighted by Crippen LogP contribution is -2.07. The summed E-state index contributed by atoms with van der Waals surface area (Å²) in [4.78, 5) is 13.0. The second-order valence-corrected chi connectivity index (χ2v) is 6.63. The van der Waals surface area contributed by atoms with Crippen molar-refractivity contribution in [1.29, 1.82) is 5.26 Å². The van der Waals surface area contributed by atoms with E-state index in [0.717, 1.165) is 16.0 Å². The van der Waals surface area contributed by atoms with Gasteiger partial charge >= 0.3 is 0 Å². The number of anilines is 1. The summed E-state index contributed by atoms with van der Waals surface area (Å²) in [5, 5.41) is 13.3. The van der Waals surface area contributed by atoms with Crippen LogP contribution < -0.4 is 5.32 Å². The van der Waals surface area contributed by atoms with Crippen LogP contribution in [0, 0.1) is 25.2 Å². The third kappa shape index (κ3) is 3.69. The lowest BCUT2D eigenvalue weighted by molar-refractivity contribution is -0.111. The van der Waals surface area contributed by atoms with Gasteiger partial charge < -0.3 is 5.32 Å². The first kappa shape index (κ1) is 16.6. The normalized spacial score (nSPS) is 10.7. The first-order valence-electron chi connectivity index (χ1n) is 6.36. The lowest BCUT2D eigenvalue weighted by atomic mass is 10.2. The molecule has 0 atom stereocenters. The zero-order valence-electron chi connectivity index (χ0n) is 11.9.